The Morgan fingerprint density at radius 1 is 1.18 bits per heavy atom. The Morgan fingerprint density at radius 3 is 2.41 bits per heavy atom. The molecule has 0 bridgehead atoms. The zero-order valence-corrected chi connectivity index (χ0v) is 11.5. The summed E-state index contributed by atoms with van der Waals surface area (Å²) in [7, 11) is 0. The van der Waals surface area contributed by atoms with Crippen LogP contribution >= 0.6 is 22.7 Å². The highest BCUT2D eigenvalue weighted by molar-refractivity contribution is 7.12. The van der Waals surface area contributed by atoms with Gasteiger partial charge in [0.1, 0.15) is 0 Å². The second kappa shape index (κ2) is 5.47. The molecule has 0 aliphatic rings. The van der Waals surface area contributed by atoms with E-state index in [1.54, 1.807) is 11.3 Å². The summed E-state index contributed by atoms with van der Waals surface area (Å²) in [5, 5.41) is 7.07. The summed E-state index contributed by atoms with van der Waals surface area (Å²) in [5.74, 6) is 0.407. The summed E-state index contributed by atoms with van der Waals surface area (Å²) in [5.41, 5.74) is 0. The minimum Gasteiger partial charge on any atom is -0.343 e. The Bertz CT molecular complexity index is 460. The first-order chi connectivity index (χ1) is 8.18. The first kappa shape index (κ1) is 12.3. The van der Waals surface area contributed by atoms with Crippen molar-refractivity contribution >= 4 is 28.6 Å². The van der Waals surface area contributed by atoms with Crippen molar-refractivity contribution < 1.29 is 4.79 Å². The minimum atomic E-state index is 0.0205. The van der Waals surface area contributed by atoms with Crippen molar-refractivity contribution in [3.63, 3.8) is 0 Å². The van der Waals surface area contributed by atoms with E-state index >= 15 is 0 Å². The molecule has 0 aliphatic heterocycles. The van der Waals surface area contributed by atoms with Gasteiger partial charge in [0.05, 0.1) is 10.9 Å². The molecule has 4 heteroatoms. The molecular weight excluding hydrogens is 250 g/mol. The van der Waals surface area contributed by atoms with E-state index < -0.39 is 0 Å². The number of thiophene rings is 2. The number of carbonyl (C=O) groups excluding carboxylic acids is 1. The van der Waals surface area contributed by atoms with Crippen LogP contribution in [0.3, 0.4) is 0 Å². The molecule has 1 unspecified atom stereocenters. The predicted octanol–water partition coefficient (Wildman–Crippen LogP) is 3.94. The van der Waals surface area contributed by atoms with E-state index in [0.717, 1.165) is 4.88 Å². The average molecular weight is 265 g/mol. The fraction of sp³-hybridized carbons (Fsp3) is 0.308. The number of rotatable bonds is 4. The van der Waals surface area contributed by atoms with Gasteiger partial charge < -0.3 is 5.32 Å². The molecular formula is C13H15NOS2. The molecule has 1 amide bonds. The molecule has 2 nitrogen and oxygen atoms in total. The zero-order chi connectivity index (χ0) is 12.3. The molecule has 2 heterocycles. The van der Waals surface area contributed by atoms with Crippen LogP contribution in [-0.2, 0) is 0 Å². The molecule has 0 aliphatic carbocycles. The molecule has 2 aromatic heterocycles. The molecule has 1 N–H and O–H groups in total. The first-order valence-corrected chi connectivity index (χ1v) is 7.32. The lowest BCUT2D eigenvalue weighted by molar-refractivity contribution is 0.0930. The lowest BCUT2D eigenvalue weighted by Gasteiger charge is -2.20. The van der Waals surface area contributed by atoms with Gasteiger partial charge in [-0.05, 0) is 28.8 Å². The van der Waals surface area contributed by atoms with Crippen molar-refractivity contribution in [3.8, 4) is 0 Å². The van der Waals surface area contributed by atoms with Crippen LogP contribution < -0.4 is 5.32 Å². The molecule has 90 valence electrons. The maximum atomic E-state index is 12.0. The Labute approximate surface area is 109 Å². The minimum absolute atomic E-state index is 0.0205. The van der Waals surface area contributed by atoms with Crippen molar-refractivity contribution in [1.82, 2.24) is 5.32 Å². The predicted molar refractivity (Wildman–Crippen MR) is 73.7 cm³/mol. The van der Waals surface area contributed by atoms with E-state index in [0.29, 0.717) is 5.92 Å². The van der Waals surface area contributed by atoms with Gasteiger partial charge >= 0.3 is 0 Å². The van der Waals surface area contributed by atoms with Crippen molar-refractivity contribution in [2.24, 2.45) is 5.92 Å². The van der Waals surface area contributed by atoms with Crippen molar-refractivity contribution in [1.29, 1.82) is 0 Å². The van der Waals surface area contributed by atoms with Crippen molar-refractivity contribution in [3.05, 3.63) is 44.8 Å². The van der Waals surface area contributed by atoms with Crippen molar-refractivity contribution in [2.75, 3.05) is 0 Å². The van der Waals surface area contributed by atoms with E-state index in [1.165, 1.54) is 16.2 Å². The van der Waals surface area contributed by atoms with Crippen LogP contribution in [0.2, 0.25) is 0 Å². The second-order valence-electron chi connectivity index (χ2n) is 4.19. The summed E-state index contributed by atoms with van der Waals surface area (Å²) < 4.78 is 0. The van der Waals surface area contributed by atoms with E-state index in [2.05, 4.69) is 25.2 Å². The molecule has 0 aromatic carbocycles. The molecule has 0 spiro atoms. The van der Waals surface area contributed by atoms with Crippen LogP contribution in [0.5, 0.6) is 0 Å². The van der Waals surface area contributed by atoms with Gasteiger partial charge in [-0.15, -0.1) is 22.7 Å². The number of carbonyl (C=O) groups is 1. The monoisotopic (exact) mass is 265 g/mol. The van der Waals surface area contributed by atoms with Crippen LogP contribution in [0.15, 0.2) is 35.0 Å². The third kappa shape index (κ3) is 2.96. The number of hydrogen-bond acceptors (Lipinski definition) is 3. The van der Waals surface area contributed by atoms with Gasteiger partial charge in [0.25, 0.3) is 5.91 Å². The third-order valence-corrected chi connectivity index (χ3v) is 4.37. The molecule has 0 fully saturated rings. The van der Waals surface area contributed by atoms with Crippen LogP contribution in [0.1, 0.15) is 34.4 Å². The first-order valence-electron chi connectivity index (χ1n) is 5.56. The summed E-state index contributed by atoms with van der Waals surface area (Å²) >= 11 is 3.16. The van der Waals surface area contributed by atoms with E-state index in [-0.39, 0.29) is 11.9 Å². The highest BCUT2D eigenvalue weighted by Crippen LogP contribution is 2.26. The lowest BCUT2D eigenvalue weighted by Crippen LogP contribution is -2.30. The third-order valence-electron chi connectivity index (χ3n) is 2.55. The van der Waals surface area contributed by atoms with Gasteiger partial charge in [-0.25, -0.2) is 0 Å². The SMILES string of the molecule is CC(C)C(NC(=O)c1cccs1)c1cccs1. The van der Waals surface area contributed by atoms with E-state index in [1.807, 2.05) is 29.0 Å². The molecule has 0 saturated carbocycles. The van der Waals surface area contributed by atoms with Crippen LogP contribution in [0.25, 0.3) is 0 Å². The maximum Gasteiger partial charge on any atom is 0.261 e. The summed E-state index contributed by atoms with van der Waals surface area (Å²) in [6.07, 6.45) is 0. The molecule has 0 radical (unpaired) electrons. The normalized spacial score (nSPS) is 12.6. The maximum absolute atomic E-state index is 12.0. The molecule has 2 rings (SSSR count). The molecule has 1 atom stereocenters. The van der Waals surface area contributed by atoms with Gasteiger partial charge in [-0.2, -0.15) is 0 Å². The largest absolute Gasteiger partial charge is 0.343 e. The van der Waals surface area contributed by atoms with Crippen LogP contribution in [-0.4, -0.2) is 5.91 Å². The van der Waals surface area contributed by atoms with Gasteiger partial charge in [-0.1, -0.05) is 26.0 Å². The Kier molecular flexibility index (Phi) is 3.97. The topological polar surface area (TPSA) is 29.1 Å². The quantitative estimate of drug-likeness (QED) is 0.891. The molecule has 17 heavy (non-hydrogen) atoms. The summed E-state index contributed by atoms with van der Waals surface area (Å²) in [4.78, 5) is 14.0. The summed E-state index contributed by atoms with van der Waals surface area (Å²) in [6.45, 7) is 4.25. The second-order valence-corrected chi connectivity index (χ2v) is 6.11. The Hall–Kier alpha value is -1.13. The van der Waals surface area contributed by atoms with Gasteiger partial charge in [0, 0.05) is 4.88 Å². The highest BCUT2D eigenvalue weighted by atomic mass is 32.1. The Morgan fingerprint density at radius 2 is 1.88 bits per heavy atom. The summed E-state index contributed by atoms with van der Waals surface area (Å²) in [6, 6.07) is 7.95. The van der Waals surface area contributed by atoms with Gasteiger partial charge in [0.15, 0.2) is 0 Å². The van der Waals surface area contributed by atoms with E-state index in [4.69, 9.17) is 0 Å². The number of nitrogens with one attached hydrogen (secondary N) is 1. The van der Waals surface area contributed by atoms with E-state index in [9.17, 15) is 4.79 Å². The fourth-order valence-corrected chi connectivity index (χ4v) is 3.23. The van der Waals surface area contributed by atoms with Crippen LogP contribution in [0, 0.1) is 5.92 Å². The molecule has 2 aromatic rings. The number of amides is 1. The average Bonchev–Trinajstić information content (AvgIpc) is 2.97. The standard InChI is InChI=1S/C13H15NOS2/c1-9(2)12(10-5-3-7-16-10)14-13(15)11-6-4-8-17-11/h3-9,12H,1-2H3,(H,14,15). The number of hydrogen-bond donors (Lipinski definition) is 1. The lowest BCUT2D eigenvalue weighted by atomic mass is 10.0. The van der Waals surface area contributed by atoms with Gasteiger partial charge in [-0.3, -0.25) is 4.79 Å². The fourth-order valence-electron chi connectivity index (χ4n) is 1.65. The zero-order valence-electron chi connectivity index (χ0n) is 9.84. The molecule has 0 saturated heterocycles. The highest BCUT2D eigenvalue weighted by Gasteiger charge is 2.20. The van der Waals surface area contributed by atoms with Crippen molar-refractivity contribution in [2.45, 2.75) is 19.9 Å². The smallest absolute Gasteiger partial charge is 0.261 e. The van der Waals surface area contributed by atoms with Gasteiger partial charge in [0.2, 0.25) is 0 Å². The Balaban J connectivity index is 2.12. The van der Waals surface area contributed by atoms with Crippen LogP contribution in [0.4, 0.5) is 0 Å².